The molecule has 2 aromatic heterocycles. The fourth-order valence-corrected chi connectivity index (χ4v) is 2.13. The van der Waals surface area contributed by atoms with E-state index in [9.17, 15) is 0 Å². The lowest BCUT2D eigenvalue weighted by Crippen LogP contribution is -2.06. The molecule has 1 N–H and O–H groups in total. The van der Waals surface area contributed by atoms with Crippen LogP contribution in [0.5, 0.6) is 0 Å². The minimum Gasteiger partial charge on any atom is -0.377 e. The molecule has 0 bridgehead atoms. The lowest BCUT2D eigenvalue weighted by molar-refractivity contribution is 0.719. The van der Waals surface area contributed by atoms with Gasteiger partial charge in [-0.2, -0.15) is 0 Å². The Morgan fingerprint density at radius 3 is 2.52 bits per heavy atom. The maximum atomic E-state index is 4.40. The van der Waals surface area contributed by atoms with E-state index in [4.69, 9.17) is 0 Å². The molecule has 21 heavy (non-hydrogen) atoms. The minimum atomic E-state index is 0.710. The summed E-state index contributed by atoms with van der Waals surface area (Å²) in [5.74, 6) is 0.736. The summed E-state index contributed by atoms with van der Waals surface area (Å²) < 4.78 is 2.10. The molecule has 0 atom stereocenters. The molecule has 0 saturated heterocycles. The molecule has 3 aromatic rings. The highest BCUT2D eigenvalue weighted by atomic mass is 15.1. The molecule has 0 amide bonds. The Balaban J connectivity index is 1.68. The third-order valence-electron chi connectivity index (χ3n) is 3.30. The van der Waals surface area contributed by atoms with E-state index in [-0.39, 0.29) is 0 Å². The molecule has 5 heteroatoms. The maximum absolute atomic E-state index is 4.40. The van der Waals surface area contributed by atoms with Crippen molar-refractivity contribution in [2.24, 2.45) is 0 Å². The molecule has 3 rings (SSSR count). The van der Waals surface area contributed by atoms with Gasteiger partial charge in [0.05, 0.1) is 36.6 Å². The van der Waals surface area contributed by atoms with E-state index in [1.807, 2.05) is 55.2 Å². The van der Waals surface area contributed by atoms with Crippen molar-refractivity contribution in [1.29, 1.82) is 0 Å². The van der Waals surface area contributed by atoms with Crippen LogP contribution in [0.2, 0.25) is 0 Å². The first-order valence-corrected chi connectivity index (χ1v) is 6.97. The molecular formula is C16H17N5. The van der Waals surface area contributed by atoms with Crippen LogP contribution in [0.15, 0.2) is 55.2 Å². The van der Waals surface area contributed by atoms with Crippen molar-refractivity contribution >= 4 is 5.69 Å². The normalized spacial score (nSPS) is 10.5. The Hall–Kier alpha value is -2.69. The molecule has 0 aliphatic heterocycles. The van der Waals surface area contributed by atoms with Gasteiger partial charge in [0.15, 0.2) is 5.82 Å². The van der Waals surface area contributed by atoms with Crippen molar-refractivity contribution in [3.8, 4) is 11.4 Å². The molecular weight excluding hydrogens is 262 g/mol. The van der Waals surface area contributed by atoms with Crippen LogP contribution >= 0.6 is 0 Å². The molecule has 0 unspecified atom stereocenters. The van der Waals surface area contributed by atoms with Crippen LogP contribution in [-0.2, 0) is 13.1 Å². The molecule has 0 spiro atoms. The smallest absolute Gasteiger partial charge is 0.159 e. The van der Waals surface area contributed by atoms with E-state index >= 15 is 0 Å². The molecule has 0 radical (unpaired) electrons. The zero-order valence-corrected chi connectivity index (χ0v) is 11.9. The second-order valence-corrected chi connectivity index (χ2v) is 4.69. The molecule has 106 valence electrons. The number of hydrogen-bond donors (Lipinski definition) is 1. The van der Waals surface area contributed by atoms with Gasteiger partial charge >= 0.3 is 0 Å². The van der Waals surface area contributed by atoms with E-state index < -0.39 is 0 Å². The maximum Gasteiger partial charge on any atom is 0.159 e. The van der Waals surface area contributed by atoms with Crippen molar-refractivity contribution in [3.63, 3.8) is 0 Å². The monoisotopic (exact) mass is 279 g/mol. The van der Waals surface area contributed by atoms with Crippen molar-refractivity contribution in [2.75, 3.05) is 5.32 Å². The van der Waals surface area contributed by atoms with Crippen LogP contribution in [0, 0.1) is 0 Å². The summed E-state index contributed by atoms with van der Waals surface area (Å²) in [6, 6.07) is 9.95. The minimum absolute atomic E-state index is 0.710. The van der Waals surface area contributed by atoms with Gasteiger partial charge < -0.3 is 9.88 Å². The second kappa shape index (κ2) is 6.17. The summed E-state index contributed by atoms with van der Waals surface area (Å²) in [5.41, 5.74) is 3.07. The number of aryl methyl sites for hydroxylation is 1. The first-order valence-electron chi connectivity index (χ1n) is 6.97. The lowest BCUT2D eigenvalue weighted by atomic mass is 10.2. The number of hydrogen-bond acceptors (Lipinski definition) is 4. The number of nitrogens with zero attached hydrogens (tertiary/aromatic N) is 4. The van der Waals surface area contributed by atoms with Gasteiger partial charge in [0.25, 0.3) is 0 Å². The summed E-state index contributed by atoms with van der Waals surface area (Å²) in [5, 5.41) is 3.31. The van der Waals surface area contributed by atoms with E-state index in [1.54, 1.807) is 0 Å². The standard InChI is InChI=1S/C16H17N5/c1-2-21-12-17-10-15(21)11-18-14-8-19-16(20-9-14)13-6-4-3-5-7-13/h3-10,12,18H,2,11H2,1H3. The summed E-state index contributed by atoms with van der Waals surface area (Å²) >= 11 is 0. The van der Waals surface area contributed by atoms with Gasteiger partial charge in [0, 0.05) is 18.3 Å². The second-order valence-electron chi connectivity index (χ2n) is 4.69. The zero-order valence-electron chi connectivity index (χ0n) is 11.9. The number of rotatable bonds is 5. The molecule has 0 aliphatic carbocycles. The van der Waals surface area contributed by atoms with Crippen LogP contribution in [0.3, 0.4) is 0 Å². The Bertz CT molecular complexity index is 688. The Morgan fingerprint density at radius 2 is 1.81 bits per heavy atom. The summed E-state index contributed by atoms with van der Waals surface area (Å²) in [4.78, 5) is 12.9. The number of aromatic nitrogens is 4. The Kier molecular flexibility index (Phi) is 3.91. The summed E-state index contributed by atoms with van der Waals surface area (Å²) in [6.45, 7) is 3.73. The van der Waals surface area contributed by atoms with Gasteiger partial charge in [-0.3, -0.25) is 0 Å². The summed E-state index contributed by atoms with van der Waals surface area (Å²) in [7, 11) is 0. The largest absolute Gasteiger partial charge is 0.377 e. The molecule has 0 aliphatic rings. The predicted molar refractivity (Wildman–Crippen MR) is 82.7 cm³/mol. The molecule has 0 fully saturated rings. The van der Waals surface area contributed by atoms with E-state index in [0.29, 0.717) is 6.54 Å². The highest BCUT2D eigenvalue weighted by molar-refractivity contribution is 5.55. The van der Waals surface area contributed by atoms with Crippen molar-refractivity contribution in [1.82, 2.24) is 19.5 Å². The van der Waals surface area contributed by atoms with Crippen LogP contribution < -0.4 is 5.32 Å². The average Bonchev–Trinajstić information content (AvgIpc) is 3.02. The van der Waals surface area contributed by atoms with Crippen LogP contribution in [0.4, 0.5) is 5.69 Å². The average molecular weight is 279 g/mol. The van der Waals surface area contributed by atoms with E-state index in [1.165, 1.54) is 0 Å². The Labute approximate surface area is 123 Å². The van der Waals surface area contributed by atoms with Crippen LogP contribution in [-0.4, -0.2) is 19.5 Å². The molecule has 2 heterocycles. The topological polar surface area (TPSA) is 55.6 Å². The lowest BCUT2D eigenvalue weighted by Gasteiger charge is -2.08. The van der Waals surface area contributed by atoms with Gasteiger partial charge in [-0.25, -0.2) is 15.0 Å². The number of nitrogens with one attached hydrogen (secondary N) is 1. The molecule has 5 nitrogen and oxygen atoms in total. The predicted octanol–water partition coefficient (Wildman–Crippen LogP) is 2.97. The highest BCUT2D eigenvalue weighted by Crippen LogP contribution is 2.15. The van der Waals surface area contributed by atoms with Crippen molar-refractivity contribution in [2.45, 2.75) is 20.0 Å². The fourth-order valence-electron chi connectivity index (χ4n) is 2.13. The van der Waals surface area contributed by atoms with E-state index in [2.05, 4.69) is 31.8 Å². The van der Waals surface area contributed by atoms with Crippen LogP contribution in [0.25, 0.3) is 11.4 Å². The first kappa shape index (κ1) is 13.3. The highest BCUT2D eigenvalue weighted by Gasteiger charge is 2.02. The Morgan fingerprint density at radius 1 is 1.05 bits per heavy atom. The van der Waals surface area contributed by atoms with Gasteiger partial charge in [0.1, 0.15) is 0 Å². The van der Waals surface area contributed by atoms with Gasteiger partial charge in [-0.05, 0) is 6.92 Å². The van der Waals surface area contributed by atoms with E-state index in [0.717, 1.165) is 29.3 Å². The SMILES string of the molecule is CCn1cncc1CNc1cnc(-c2ccccc2)nc1. The van der Waals surface area contributed by atoms with Gasteiger partial charge in [-0.15, -0.1) is 0 Å². The van der Waals surface area contributed by atoms with Gasteiger partial charge in [-0.1, -0.05) is 30.3 Å². The number of anilines is 1. The van der Waals surface area contributed by atoms with Crippen LogP contribution in [0.1, 0.15) is 12.6 Å². The first-order chi connectivity index (χ1) is 10.4. The summed E-state index contributed by atoms with van der Waals surface area (Å²) in [6.07, 6.45) is 7.33. The number of benzene rings is 1. The number of imidazole rings is 1. The molecule has 0 saturated carbocycles. The molecule has 1 aromatic carbocycles. The van der Waals surface area contributed by atoms with Crippen molar-refractivity contribution < 1.29 is 0 Å². The van der Waals surface area contributed by atoms with Crippen molar-refractivity contribution in [3.05, 3.63) is 60.9 Å². The quantitative estimate of drug-likeness (QED) is 0.780. The third-order valence-corrected chi connectivity index (χ3v) is 3.30. The fraction of sp³-hybridized carbons (Fsp3) is 0.188. The third kappa shape index (κ3) is 3.08. The zero-order chi connectivity index (χ0) is 14.5. The van der Waals surface area contributed by atoms with Gasteiger partial charge in [0.2, 0.25) is 0 Å².